The van der Waals surface area contributed by atoms with Crippen LogP contribution in [0.3, 0.4) is 0 Å². The Morgan fingerprint density at radius 3 is 1.62 bits per heavy atom. The Bertz CT molecular complexity index is 482. The van der Waals surface area contributed by atoms with Crippen molar-refractivity contribution in [1.29, 1.82) is 0 Å². The van der Waals surface area contributed by atoms with E-state index >= 15 is 0 Å². The summed E-state index contributed by atoms with van der Waals surface area (Å²) < 4.78 is 0. The monoisotopic (exact) mass is 328 g/mol. The molecule has 0 aliphatic carbocycles. The van der Waals surface area contributed by atoms with Gasteiger partial charge in [-0.15, -0.1) is 0 Å². The van der Waals surface area contributed by atoms with Crippen molar-refractivity contribution < 1.29 is 0 Å². The molecule has 0 N–H and O–H groups in total. The van der Waals surface area contributed by atoms with E-state index in [0.717, 1.165) is 6.42 Å². The summed E-state index contributed by atoms with van der Waals surface area (Å²) in [4.78, 5) is 0. The summed E-state index contributed by atoms with van der Waals surface area (Å²) in [7, 11) is 0. The molecule has 0 fully saturated rings. The Labute approximate surface area is 152 Å². The fourth-order valence-corrected chi connectivity index (χ4v) is 2.39. The molecule has 0 radical (unpaired) electrons. The third-order valence-corrected chi connectivity index (χ3v) is 3.39. The molecule has 0 saturated carbocycles. The third kappa shape index (κ3) is 9.55. The largest absolute Gasteiger partial charge is 0.0683 e. The predicted octanol–water partition coefficient (Wildman–Crippen LogP) is 8.12. The van der Waals surface area contributed by atoms with Crippen molar-refractivity contribution in [2.24, 2.45) is 5.92 Å². The van der Waals surface area contributed by atoms with Crippen LogP contribution in [-0.4, -0.2) is 0 Å². The van der Waals surface area contributed by atoms with Gasteiger partial charge in [-0.3, -0.25) is 0 Å². The standard InChI is InChI=1S/C18H22.3C2H6/c1-14(2)12-16-8-7-11-18(13-16)15(3)17-9-5-4-6-10-17;3*1-2/h4-11,13-15H,12H2,1-3H3;3*1-2H3. The quantitative estimate of drug-likeness (QED) is 0.531. The fourth-order valence-electron chi connectivity index (χ4n) is 2.39. The fraction of sp³-hybridized carbons (Fsp3) is 0.500. The van der Waals surface area contributed by atoms with Crippen LogP contribution >= 0.6 is 0 Å². The van der Waals surface area contributed by atoms with E-state index in [1.807, 2.05) is 41.5 Å². The topological polar surface area (TPSA) is 0 Å². The van der Waals surface area contributed by atoms with E-state index in [1.165, 1.54) is 16.7 Å². The molecule has 2 aromatic carbocycles. The zero-order valence-corrected chi connectivity index (χ0v) is 17.6. The smallest absolute Gasteiger partial charge is 0.00611 e. The van der Waals surface area contributed by atoms with E-state index in [0.29, 0.717) is 11.8 Å². The molecule has 0 heterocycles. The minimum absolute atomic E-state index is 0.471. The highest BCUT2D eigenvalue weighted by atomic mass is 14.1. The summed E-state index contributed by atoms with van der Waals surface area (Å²) in [5.74, 6) is 1.19. The maximum absolute atomic E-state index is 2.36. The van der Waals surface area contributed by atoms with Crippen molar-refractivity contribution >= 4 is 0 Å². The van der Waals surface area contributed by atoms with E-state index in [1.54, 1.807) is 0 Å². The lowest BCUT2D eigenvalue weighted by Crippen LogP contribution is -1.99. The molecular formula is C24H40. The molecule has 0 nitrogen and oxygen atoms in total. The number of benzene rings is 2. The number of hydrogen-bond donors (Lipinski definition) is 0. The molecule has 1 unspecified atom stereocenters. The van der Waals surface area contributed by atoms with Crippen LogP contribution in [0, 0.1) is 5.92 Å². The van der Waals surface area contributed by atoms with Gasteiger partial charge in [0.15, 0.2) is 0 Å². The summed E-state index contributed by atoms with van der Waals surface area (Å²) in [5, 5.41) is 0. The van der Waals surface area contributed by atoms with Crippen molar-refractivity contribution in [3.63, 3.8) is 0 Å². The lowest BCUT2D eigenvalue weighted by atomic mass is 9.91. The molecule has 0 aromatic heterocycles. The van der Waals surface area contributed by atoms with Crippen LogP contribution in [0.15, 0.2) is 54.6 Å². The van der Waals surface area contributed by atoms with Crippen molar-refractivity contribution in [3.05, 3.63) is 71.3 Å². The average Bonchev–Trinajstić information content (AvgIpc) is 2.66. The highest BCUT2D eigenvalue weighted by Crippen LogP contribution is 2.25. The van der Waals surface area contributed by atoms with E-state index in [-0.39, 0.29) is 0 Å². The molecule has 2 rings (SSSR count). The molecular weight excluding hydrogens is 288 g/mol. The van der Waals surface area contributed by atoms with E-state index in [9.17, 15) is 0 Å². The maximum Gasteiger partial charge on any atom is 0.00611 e. The Morgan fingerprint density at radius 2 is 1.12 bits per heavy atom. The second kappa shape index (κ2) is 16.3. The van der Waals surface area contributed by atoms with Crippen molar-refractivity contribution in [2.75, 3.05) is 0 Å². The van der Waals surface area contributed by atoms with Gasteiger partial charge in [-0.05, 0) is 29.0 Å². The normalized spacial score (nSPS) is 10.2. The molecule has 0 aliphatic rings. The van der Waals surface area contributed by atoms with Gasteiger partial charge in [-0.25, -0.2) is 0 Å². The summed E-state index contributed by atoms with van der Waals surface area (Å²) in [6, 6.07) is 19.7. The van der Waals surface area contributed by atoms with Gasteiger partial charge in [0.2, 0.25) is 0 Å². The number of hydrogen-bond acceptors (Lipinski definition) is 0. The summed E-state index contributed by atoms with van der Waals surface area (Å²) >= 11 is 0. The van der Waals surface area contributed by atoms with Gasteiger partial charge >= 0.3 is 0 Å². The zero-order valence-electron chi connectivity index (χ0n) is 17.6. The molecule has 0 saturated heterocycles. The molecule has 136 valence electrons. The zero-order chi connectivity index (χ0) is 19.0. The first kappa shape index (κ1) is 24.7. The Balaban J connectivity index is 0. The van der Waals surface area contributed by atoms with Gasteiger partial charge in [-0.2, -0.15) is 0 Å². The first-order valence-electron chi connectivity index (χ1n) is 9.80. The van der Waals surface area contributed by atoms with Crippen LogP contribution < -0.4 is 0 Å². The van der Waals surface area contributed by atoms with Crippen molar-refractivity contribution in [3.8, 4) is 0 Å². The minimum Gasteiger partial charge on any atom is -0.0683 e. The highest BCUT2D eigenvalue weighted by Gasteiger charge is 2.08. The molecule has 0 bridgehead atoms. The lowest BCUT2D eigenvalue weighted by Gasteiger charge is -2.14. The van der Waals surface area contributed by atoms with Crippen LogP contribution in [0.5, 0.6) is 0 Å². The Morgan fingerprint density at radius 1 is 0.625 bits per heavy atom. The van der Waals surface area contributed by atoms with Gasteiger partial charge in [0, 0.05) is 5.92 Å². The summed E-state index contributed by atoms with van der Waals surface area (Å²) in [5.41, 5.74) is 4.25. The second-order valence-electron chi connectivity index (χ2n) is 5.48. The molecule has 0 amide bonds. The van der Waals surface area contributed by atoms with Crippen LogP contribution in [0.2, 0.25) is 0 Å². The first-order chi connectivity index (χ1) is 11.7. The number of rotatable bonds is 4. The van der Waals surface area contributed by atoms with Gasteiger partial charge < -0.3 is 0 Å². The van der Waals surface area contributed by atoms with Gasteiger partial charge in [0.05, 0.1) is 0 Å². The molecule has 24 heavy (non-hydrogen) atoms. The summed E-state index contributed by atoms with van der Waals surface area (Å²) in [6.45, 7) is 18.8. The van der Waals surface area contributed by atoms with Crippen LogP contribution in [-0.2, 0) is 6.42 Å². The average molecular weight is 329 g/mol. The maximum atomic E-state index is 2.36. The first-order valence-corrected chi connectivity index (χ1v) is 9.80. The Hall–Kier alpha value is -1.56. The van der Waals surface area contributed by atoms with E-state index in [4.69, 9.17) is 0 Å². The van der Waals surface area contributed by atoms with E-state index < -0.39 is 0 Å². The van der Waals surface area contributed by atoms with Gasteiger partial charge in [0.1, 0.15) is 0 Å². The lowest BCUT2D eigenvalue weighted by molar-refractivity contribution is 0.646. The van der Waals surface area contributed by atoms with Crippen LogP contribution in [0.25, 0.3) is 0 Å². The Kier molecular flexibility index (Phi) is 16.8. The van der Waals surface area contributed by atoms with Crippen molar-refractivity contribution in [1.82, 2.24) is 0 Å². The predicted molar refractivity (Wildman–Crippen MR) is 113 cm³/mol. The van der Waals surface area contributed by atoms with Gasteiger partial charge in [-0.1, -0.05) is 117 Å². The third-order valence-electron chi connectivity index (χ3n) is 3.39. The molecule has 0 spiro atoms. The SMILES string of the molecule is CC.CC.CC.CC(C)Cc1cccc(C(C)c2ccccc2)c1. The van der Waals surface area contributed by atoms with Crippen molar-refractivity contribution in [2.45, 2.75) is 74.7 Å². The highest BCUT2D eigenvalue weighted by molar-refractivity contribution is 5.34. The molecule has 0 aliphatic heterocycles. The second-order valence-corrected chi connectivity index (χ2v) is 5.48. The van der Waals surface area contributed by atoms with Crippen LogP contribution in [0.1, 0.15) is 84.9 Å². The van der Waals surface area contributed by atoms with Crippen LogP contribution in [0.4, 0.5) is 0 Å². The van der Waals surface area contributed by atoms with E-state index in [2.05, 4.69) is 75.4 Å². The van der Waals surface area contributed by atoms with Gasteiger partial charge in [0.25, 0.3) is 0 Å². The molecule has 2 aromatic rings. The summed E-state index contributed by atoms with van der Waals surface area (Å²) in [6.07, 6.45) is 1.16. The molecule has 1 atom stereocenters. The molecule has 0 heteroatoms. The minimum atomic E-state index is 0.471.